The Labute approximate surface area is 232 Å². The maximum Gasteiger partial charge on any atom is 0.501 e. The summed E-state index contributed by atoms with van der Waals surface area (Å²) in [5, 5.41) is 1.25. The summed E-state index contributed by atoms with van der Waals surface area (Å²) < 4.78 is 46.7. The molecule has 214 valence electrons. The van der Waals surface area contributed by atoms with Crippen molar-refractivity contribution in [2.24, 2.45) is 0 Å². The van der Waals surface area contributed by atoms with Gasteiger partial charge < -0.3 is 36.0 Å². The summed E-state index contributed by atoms with van der Waals surface area (Å²) in [5.74, 6) is 0. The van der Waals surface area contributed by atoms with Gasteiger partial charge in [-0.2, -0.15) is 0 Å². The van der Waals surface area contributed by atoms with Crippen LogP contribution in [0.15, 0.2) is 0 Å². The number of hydrogen-bond donors (Lipinski definition) is 0. The van der Waals surface area contributed by atoms with Crippen molar-refractivity contribution in [1.82, 2.24) is 0 Å². The highest BCUT2D eigenvalue weighted by atomic mass is 32.1. The fraction of sp³-hybridized carbons (Fsp3) is 0.917. The van der Waals surface area contributed by atoms with Crippen LogP contribution in [-0.4, -0.2) is 80.6 Å². The van der Waals surface area contributed by atoms with Crippen molar-refractivity contribution in [3.05, 3.63) is 0 Å². The van der Waals surface area contributed by atoms with E-state index in [1.165, 1.54) is 0 Å². The van der Waals surface area contributed by atoms with Gasteiger partial charge in [-0.1, -0.05) is 0 Å². The van der Waals surface area contributed by atoms with Crippen LogP contribution in [0.3, 0.4) is 0 Å². The minimum atomic E-state index is -2.62. The Morgan fingerprint density at radius 3 is 1.00 bits per heavy atom. The van der Waals surface area contributed by atoms with Crippen molar-refractivity contribution in [3.8, 4) is 0 Å². The van der Waals surface area contributed by atoms with E-state index in [0.717, 1.165) is 50.6 Å². The lowest BCUT2D eigenvalue weighted by molar-refractivity contribution is 0.0688. The Bertz CT molecular complexity index is 490. The highest BCUT2D eigenvalue weighted by Gasteiger charge is 2.40. The van der Waals surface area contributed by atoms with Crippen LogP contribution in [0.4, 0.5) is 0 Å². The molecule has 8 nitrogen and oxygen atoms in total. The molecule has 0 aromatic rings. The van der Waals surface area contributed by atoms with E-state index in [4.69, 9.17) is 60.5 Å². The smallest absolute Gasteiger partial charge is 0.487 e. The Balaban J connectivity index is 4.07. The van der Waals surface area contributed by atoms with Gasteiger partial charge in [-0.3, -0.25) is 0 Å². The quantitative estimate of drug-likeness (QED) is 0.0710. The third kappa shape index (κ3) is 16.7. The molecule has 0 saturated carbocycles. The van der Waals surface area contributed by atoms with Gasteiger partial charge in [-0.25, -0.2) is 0 Å². The van der Waals surface area contributed by atoms with Crippen LogP contribution in [0.2, 0.25) is 12.1 Å². The molecule has 0 amide bonds. The Morgan fingerprint density at radius 2 is 0.750 bits per heavy atom. The summed E-state index contributed by atoms with van der Waals surface area (Å²) in [6.45, 7) is 16.3. The van der Waals surface area contributed by atoms with E-state index in [0.29, 0.717) is 63.0 Å². The zero-order valence-electron chi connectivity index (χ0n) is 23.4. The van der Waals surface area contributed by atoms with Crippen molar-refractivity contribution < 1.29 is 36.0 Å². The van der Waals surface area contributed by atoms with Gasteiger partial charge >= 0.3 is 17.6 Å². The van der Waals surface area contributed by atoms with Crippen LogP contribution < -0.4 is 0 Å². The monoisotopic (exact) mass is 586 g/mol. The summed E-state index contributed by atoms with van der Waals surface area (Å²) in [4.78, 5) is 0. The van der Waals surface area contributed by atoms with E-state index in [1.807, 2.05) is 41.5 Å². The summed E-state index contributed by atoms with van der Waals surface area (Å²) in [5.41, 5.74) is 0. The van der Waals surface area contributed by atoms with Crippen LogP contribution >= 0.6 is 24.4 Å². The normalized spacial score (nSPS) is 12.1. The second kappa shape index (κ2) is 22.9. The van der Waals surface area contributed by atoms with Crippen LogP contribution in [0.5, 0.6) is 0 Å². The van der Waals surface area contributed by atoms with Crippen molar-refractivity contribution >= 4 is 52.1 Å². The molecule has 0 aromatic carbocycles. The summed E-state index contributed by atoms with van der Waals surface area (Å²) in [6.07, 6.45) is 4.84. The molecule has 0 rings (SSSR count). The van der Waals surface area contributed by atoms with Gasteiger partial charge in [0.05, 0.1) is 13.2 Å². The largest absolute Gasteiger partial charge is 0.501 e. The lowest BCUT2D eigenvalue weighted by Crippen LogP contribution is -2.46. The first-order chi connectivity index (χ1) is 17.4. The maximum absolute atomic E-state index is 5.87. The highest BCUT2D eigenvalue weighted by Crippen LogP contribution is 2.19. The van der Waals surface area contributed by atoms with Crippen LogP contribution in [0.25, 0.3) is 0 Å². The first kappa shape index (κ1) is 36.0. The molecular weight excluding hydrogens is 537 g/mol. The molecule has 0 aliphatic rings. The molecule has 0 aliphatic carbocycles. The molecule has 0 aliphatic heterocycles. The molecule has 0 bridgehead atoms. The second-order valence-corrected chi connectivity index (χ2v) is 14.2. The first-order valence-electron chi connectivity index (χ1n) is 13.5. The summed E-state index contributed by atoms with van der Waals surface area (Å²) in [7, 11) is -5.24. The Kier molecular flexibility index (Phi) is 22.9. The van der Waals surface area contributed by atoms with E-state index < -0.39 is 17.6 Å². The van der Waals surface area contributed by atoms with Gasteiger partial charge in [0, 0.05) is 64.6 Å². The molecule has 0 spiro atoms. The topological polar surface area (TPSA) is 73.8 Å². The van der Waals surface area contributed by atoms with Crippen molar-refractivity contribution in [2.75, 3.05) is 52.9 Å². The molecule has 0 heterocycles. The average Bonchev–Trinajstić information content (AvgIpc) is 2.83. The number of unbranched alkanes of at least 4 members (excludes halogenated alkanes) is 1. The molecule has 0 radical (unpaired) electrons. The second-order valence-electron chi connectivity index (χ2n) is 7.82. The van der Waals surface area contributed by atoms with Crippen LogP contribution in [-0.2, 0) is 36.0 Å². The number of rotatable bonds is 25. The first-order valence-corrected chi connectivity index (χ1v) is 18.2. The minimum Gasteiger partial charge on any atom is -0.487 e. The molecule has 0 N–H and O–H groups in total. The molecular formula is C24H50O8S2Si2. The van der Waals surface area contributed by atoms with Gasteiger partial charge in [-0.15, -0.1) is 0 Å². The highest BCUT2D eigenvalue weighted by molar-refractivity contribution is 7.80. The third-order valence-corrected chi connectivity index (χ3v) is 11.9. The molecule has 0 fully saturated rings. The van der Waals surface area contributed by atoms with Gasteiger partial charge in [0.25, 0.3) is 0 Å². The standard InChI is InChI=1S/C24H50O8S2Si2/c1-7-27-35(28-8-2,29-9-3)21-15-19-25-23(33)17-13-14-18-24(34)26-20-16-22-36(30-10-4,31-11-5)32-12-6/h7-22H2,1-6H3. The Morgan fingerprint density at radius 1 is 0.472 bits per heavy atom. The van der Waals surface area contributed by atoms with Crippen LogP contribution in [0.1, 0.15) is 80.1 Å². The fourth-order valence-corrected chi connectivity index (χ4v) is 9.25. The zero-order valence-corrected chi connectivity index (χ0v) is 27.0. The number of hydrogen-bond acceptors (Lipinski definition) is 10. The van der Waals surface area contributed by atoms with Crippen molar-refractivity contribution in [1.29, 1.82) is 0 Å². The molecule has 0 saturated heterocycles. The van der Waals surface area contributed by atoms with E-state index >= 15 is 0 Å². The Hall–Kier alpha value is -0.0262. The average molecular weight is 587 g/mol. The number of ether oxygens (including phenoxy) is 2. The molecule has 36 heavy (non-hydrogen) atoms. The molecule has 0 aromatic heterocycles. The SMILES string of the molecule is CCO[Si](CCCOC(=S)CCCCC(=S)OCCC[Si](OCC)(OCC)OCC)(OCC)OCC. The molecule has 12 heteroatoms. The summed E-state index contributed by atoms with van der Waals surface area (Å²) >= 11 is 10.8. The van der Waals surface area contributed by atoms with Gasteiger partial charge in [0.2, 0.25) is 0 Å². The lowest BCUT2D eigenvalue weighted by Gasteiger charge is -2.28. The zero-order chi connectivity index (χ0) is 27.1. The van der Waals surface area contributed by atoms with E-state index in [-0.39, 0.29) is 0 Å². The van der Waals surface area contributed by atoms with E-state index in [9.17, 15) is 0 Å². The fourth-order valence-electron chi connectivity index (χ4n) is 3.63. The van der Waals surface area contributed by atoms with Gasteiger partial charge in [0.1, 0.15) is 0 Å². The van der Waals surface area contributed by atoms with E-state index in [2.05, 4.69) is 0 Å². The van der Waals surface area contributed by atoms with E-state index in [1.54, 1.807) is 0 Å². The maximum atomic E-state index is 5.87. The van der Waals surface area contributed by atoms with Crippen molar-refractivity contribution in [3.63, 3.8) is 0 Å². The van der Waals surface area contributed by atoms with Crippen molar-refractivity contribution in [2.45, 2.75) is 92.2 Å². The molecule has 0 atom stereocenters. The van der Waals surface area contributed by atoms with Gasteiger partial charge in [-0.05, 0) is 91.7 Å². The lowest BCUT2D eigenvalue weighted by atomic mass is 10.2. The minimum absolute atomic E-state index is 0.540. The van der Waals surface area contributed by atoms with Crippen LogP contribution in [0, 0.1) is 0 Å². The van der Waals surface area contributed by atoms with Gasteiger partial charge in [0.15, 0.2) is 10.1 Å². The molecule has 0 unspecified atom stereocenters. The third-order valence-electron chi connectivity index (χ3n) is 4.98. The summed E-state index contributed by atoms with van der Waals surface area (Å²) in [6, 6.07) is 1.44. The predicted molar refractivity (Wildman–Crippen MR) is 156 cm³/mol. The number of thiocarbonyl (C=S) groups is 2. The predicted octanol–water partition coefficient (Wildman–Crippen LogP) is 6.11.